The first-order valence-electron chi connectivity index (χ1n) is 6.34. The zero-order chi connectivity index (χ0) is 15.7. The molecule has 7 heteroatoms. The molecule has 0 unspecified atom stereocenters. The molecule has 0 aliphatic heterocycles. The van der Waals surface area contributed by atoms with E-state index in [-0.39, 0.29) is 11.4 Å². The van der Waals surface area contributed by atoms with Gasteiger partial charge in [-0.1, -0.05) is 24.3 Å². The Kier molecular flexibility index (Phi) is 3.23. The van der Waals surface area contributed by atoms with Crippen molar-refractivity contribution in [1.29, 1.82) is 0 Å². The van der Waals surface area contributed by atoms with Crippen LogP contribution in [0.3, 0.4) is 0 Å². The fraction of sp³-hybridized carbons (Fsp3) is 0. The minimum Gasteiger partial charge on any atom is -0.258 e. The number of fused-ring (bicyclic) bond motifs is 1. The molecule has 3 aromatic rings. The number of non-ortho nitro benzene ring substituents is 2. The summed E-state index contributed by atoms with van der Waals surface area (Å²) in [5, 5.41) is 22.8. The van der Waals surface area contributed by atoms with Crippen LogP contribution >= 0.6 is 0 Å². The van der Waals surface area contributed by atoms with Gasteiger partial charge in [0, 0.05) is 23.1 Å². The van der Waals surface area contributed by atoms with Crippen LogP contribution in [-0.4, -0.2) is 14.8 Å². The number of rotatable bonds is 3. The number of nitro groups is 2. The van der Waals surface area contributed by atoms with Crippen molar-refractivity contribution in [2.45, 2.75) is 0 Å². The number of para-hydroxylation sites is 1. The quantitative estimate of drug-likeness (QED) is 0.541. The summed E-state index contributed by atoms with van der Waals surface area (Å²) in [6, 6.07) is 14.4. The van der Waals surface area contributed by atoms with Crippen LogP contribution in [0.2, 0.25) is 0 Å². The maximum absolute atomic E-state index is 10.9. The summed E-state index contributed by atoms with van der Waals surface area (Å²) in [5.74, 6) is 0. The van der Waals surface area contributed by atoms with Crippen LogP contribution in [-0.2, 0) is 0 Å². The van der Waals surface area contributed by atoms with Crippen molar-refractivity contribution in [1.82, 2.24) is 4.98 Å². The van der Waals surface area contributed by atoms with E-state index in [0.29, 0.717) is 16.8 Å². The van der Waals surface area contributed by atoms with E-state index in [9.17, 15) is 20.2 Å². The van der Waals surface area contributed by atoms with Gasteiger partial charge in [0.05, 0.1) is 27.1 Å². The van der Waals surface area contributed by atoms with Gasteiger partial charge in [0.25, 0.3) is 11.4 Å². The SMILES string of the molecule is O=[N+]([O-])c1cc(-c2ccc3ccccc3n2)cc([N+](=O)[O-])c1. The van der Waals surface area contributed by atoms with Crippen molar-refractivity contribution in [2.75, 3.05) is 0 Å². The third-order valence-electron chi connectivity index (χ3n) is 3.22. The van der Waals surface area contributed by atoms with Gasteiger partial charge in [-0.15, -0.1) is 0 Å². The molecule has 0 N–H and O–H groups in total. The Morgan fingerprint density at radius 2 is 1.45 bits per heavy atom. The molecule has 0 amide bonds. The molecule has 0 radical (unpaired) electrons. The van der Waals surface area contributed by atoms with Gasteiger partial charge in [0.1, 0.15) is 0 Å². The number of hydrogen-bond donors (Lipinski definition) is 0. The third kappa shape index (κ3) is 2.47. The van der Waals surface area contributed by atoms with Gasteiger partial charge in [-0.25, -0.2) is 4.98 Å². The second-order valence-electron chi connectivity index (χ2n) is 4.64. The molecular weight excluding hydrogens is 286 g/mol. The summed E-state index contributed by atoms with van der Waals surface area (Å²) in [6.07, 6.45) is 0. The van der Waals surface area contributed by atoms with Gasteiger partial charge < -0.3 is 0 Å². The molecule has 108 valence electrons. The van der Waals surface area contributed by atoms with E-state index in [0.717, 1.165) is 11.5 Å². The van der Waals surface area contributed by atoms with Gasteiger partial charge in [-0.2, -0.15) is 0 Å². The molecule has 0 aliphatic rings. The predicted octanol–water partition coefficient (Wildman–Crippen LogP) is 3.72. The van der Waals surface area contributed by atoms with Gasteiger partial charge in [-0.05, 0) is 12.1 Å². The Morgan fingerprint density at radius 3 is 2.09 bits per heavy atom. The fourth-order valence-electron chi connectivity index (χ4n) is 2.18. The topological polar surface area (TPSA) is 99.2 Å². The molecule has 0 saturated carbocycles. The van der Waals surface area contributed by atoms with Crippen LogP contribution in [0.4, 0.5) is 11.4 Å². The molecular formula is C15H9N3O4. The van der Waals surface area contributed by atoms with Gasteiger partial charge in [0.15, 0.2) is 0 Å². The summed E-state index contributed by atoms with van der Waals surface area (Å²) in [6.45, 7) is 0. The zero-order valence-corrected chi connectivity index (χ0v) is 11.2. The number of aromatic nitrogens is 1. The lowest BCUT2D eigenvalue weighted by atomic mass is 10.1. The molecule has 2 aromatic carbocycles. The Bertz CT molecular complexity index is 876. The Balaban J connectivity index is 2.20. The average Bonchev–Trinajstić information content (AvgIpc) is 2.53. The highest BCUT2D eigenvalue weighted by Gasteiger charge is 2.17. The first-order chi connectivity index (χ1) is 10.5. The Hall–Kier alpha value is -3.35. The summed E-state index contributed by atoms with van der Waals surface area (Å²) < 4.78 is 0. The summed E-state index contributed by atoms with van der Waals surface area (Å²) in [4.78, 5) is 25.0. The largest absolute Gasteiger partial charge is 0.276 e. The van der Waals surface area contributed by atoms with Crippen molar-refractivity contribution < 1.29 is 9.85 Å². The highest BCUT2D eigenvalue weighted by Crippen LogP contribution is 2.29. The second-order valence-corrected chi connectivity index (χ2v) is 4.64. The maximum Gasteiger partial charge on any atom is 0.276 e. The Morgan fingerprint density at radius 1 is 0.818 bits per heavy atom. The first-order valence-corrected chi connectivity index (χ1v) is 6.34. The lowest BCUT2D eigenvalue weighted by Crippen LogP contribution is -1.94. The summed E-state index contributed by atoms with van der Waals surface area (Å²) >= 11 is 0. The van der Waals surface area contributed by atoms with Crippen LogP contribution in [0.15, 0.2) is 54.6 Å². The Labute approximate surface area is 124 Å². The van der Waals surface area contributed by atoms with Crippen molar-refractivity contribution in [3.63, 3.8) is 0 Å². The molecule has 0 bridgehead atoms. The van der Waals surface area contributed by atoms with Gasteiger partial charge in [0.2, 0.25) is 0 Å². The molecule has 3 rings (SSSR count). The minimum absolute atomic E-state index is 0.334. The minimum atomic E-state index is -0.655. The van der Waals surface area contributed by atoms with E-state index in [4.69, 9.17) is 0 Å². The van der Waals surface area contributed by atoms with Crippen molar-refractivity contribution in [3.8, 4) is 11.3 Å². The lowest BCUT2D eigenvalue weighted by molar-refractivity contribution is -0.394. The standard InChI is InChI=1S/C15H9N3O4/c19-17(20)12-7-11(8-13(9-12)18(21)22)15-6-5-10-3-1-2-4-14(10)16-15/h1-9H. The van der Waals surface area contributed by atoms with Crippen molar-refractivity contribution in [3.05, 3.63) is 74.8 Å². The molecule has 1 aromatic heterocycles. The zero-order valence-electron chi connectivity index (χ0n) is 11.2. The van der Waals surface area contributed by atoms with E-state index >= 15 is 0 Å². The van der Waals surface area contributed by atoms with Crippen LogP contribution in [0.25, 0.3) is 22.2 Å². The second kappa shape index (κ2) is 5.21. The molecule has 0 aliphatic carbocycles. The highest BCUT2D eigenvalue weighted by atomic mass is 16.6. The molecule has 0 saturated heterocycles. The van der Waals surface area contributed by atoms with Crippen LogP contribution in [0.1, 0.15) is 0 Å². The van der Waals surface area contributed by atoms with Gasteiger partial charge >= 0.3 is 0 Å². The maximum atomic E-state index is 10.9. The summed E-state index contributed by atoms with van der Waals surface area (Å²) in [5.41, 5.74) is 0.838. The first kappa shape index (κ1) is 13.6. The van der Waals surface area contributed by atoms with Crippen molar-refractivity contribution >= 4 is 22.3 Å². The summed E-state index contributed by atoms with van der Waals surface area (Å²) in [7, 11) is 0. The van der Waals surface area contributed by atoms with E-state index in [1.54, 1.807) is 6.07 Å². The van der Waals surface area contributed by atoms with E-state index < -0.39 is 9.85 Å². The monoisotopic (exact) mass is 295 g/mol. The molecule has 0 fully saturated rings. The molecule has 0 atom stereocenters. The smallest absolute Gasteiger partial charge is 0.258 e. The molecule has 22 heavy (non-hydrogen) atoms. The lowest BCUT2D eigenvalue weighted by Gasteiger charge is -2.03. The number of nitrogens with zero attached hydrogens (tertiary/aromatic N) is 3. The van der Waals surface area contributed by atoms with Crippen LogP contribution in [0.5, 0.6) is 0 Å². The average molecular weight is 295 g/mol. The van der Waals surface area contributed by atoms with Crippen LogP contribution in [0, 0.1) is 20.2 Å². The highest BCUT2D eigenvalue weighted by molar-refractivity contribution is 5.82. The van der Waals surface area contributed by atoms with E-state index in [2.05, 4.69) is 4.98 Å². The van der Waals surface area contributed by atoms with Crippen molar-refractivity contribution in [2.24, 2.45) is 0 Å². The van der Waals surface area contributed by atoms with Crippen LogP contribution < -0.4 is 0 Å². The van der Waals surface area contributed by atoms with E-state index in [1.807, 2.05) is 30.3 Å². The molecule has 0 spiro atoms. The third-order valence-corrected chi connectivity index (χ3v) is 3.22. The van der Waals surface area contributed by atoms with E-state index in [1.165, 1.54) is 12.1 Å². The fourth-order valence-corrected chi connectivity index (χ4v) is 2.18. The number of nitro benzene ring substituents is 2. The normalized spacial score (nSPS) is 10.5. The predicted molar refractivity (Wildman–Crippen MR) is 80.5 cm³/mol. The number of hydrogen-bond acceptors (Lipinski definition) is 5. The number of benzene rings is 2. The molecule has 1 heterocycles. The van der Waals surface area contributed by atoms with Gasteiger partial charge in [-0.3, -0.25) is 20.2 Å². The molecule has 7 nitrogen and oxygen atoms in total. The number of pyridine rings is 1.